The predicted octanol–water partition coefficient (Wildman–Crippen LogP) is 3.22. The molecule has 0 aliphatic carbocycles. The highest BCUT2D eigenvalue weighted by atomic mass is 32.2. The summed E-state index contributed by atoms with van der Waals surface area (Å²) in [4.78, 5) is 2.33. The monoisotopic (exact) mass is 333 g/mol. The summed E-state index contributed by atoms with van der Waals surface area (Å²) >= 11 is 0. The molecule has 5 heteroatoms. The second-order valence-corrected chi connectivity index (χ2v) is 7.76. The number of hydrogen-bond donors (Lipinski definition) is 0. The normalized spacial score (nSPS) is 11.3. The van der Waals surface area contributed by atoms with Gasteiger partial charge in [-0.25, -0.2) is 8.42 Å². The van der Waals surface area contributed by atoms with Crippen molar-refractivity contribution in [2.24, 2.45) is 0 Å². The third-order valence-electron chi connectivity index (χ3n) is 3.87. The molecular weight excluding hydrogens is 310 g/mol. The van der Waals surface area contributed by atoms with E-state index in [1.807, 2.05) is 62.2 Å². The quantitative estimate of drug-likeness (QED) is 0.814. The van der Waals surface area contributed by atoms with Crippen LogP contribution in [-0.2, 0) is 9.84 Å². The Morgan fingerprint density at radius 1 is 1.09 bits per heavy atom. The standard InChI is InChI=1S/C18H23NO3S/c1-14-9-10-15(2)18(13-14)23(20,21)12-11-19(3)16-7-5-6-8-17(16)22-4/h5-10,13H,11-12H2,1-4H3. The Morgan fingerprint density at radius 2 is 1.78 bits per heavy atom. The summed E-state index contributed by atoms with van der Waals surface area (Å²) in [7, 11) is 0.164. The number of sulfone groups is 1. The smallest absolute Gasteiger partial charge is 0.180 e. The van der Waals surface area contributed by atoms with Gasteiger partial charge in [-0.15, -0.1) is 0 Å². The number of methoxy groups -OCH3 is 1. The van der Waals surface area contributed by atoms with Crippen LogP contribution >= 0.6 is 0 Å². The molecule has 0 bridgehead atoms. The van der Waals surface area contributed by atoms with Crippen LogP contribution in [0.5, 0.6) is 5.75 Å². The molecule has 4 nitrogen and oxygen atoms in total. The van der Waals surface area contributed by atoms with Gasteiger partial charge in [0.2, 0.25) is 0 Å². The summed E-state index contributed by atoms with van der Waals surface area (Å²) in [5.74, 6) is 0.797. The van der Waals surface area contributed by atoms with E-state index in [2.05, 4.69) is 0 Å². The fraction of sp³-hybridized carbons (Fsp3) is 0.333. The molecule has 0 spiro atoms. The summed E-state index contributed by atoms with van der Waals surface area (Å²) in [5.41, 5.74) is 2.62. The van der Waals surface area contributed by atoms with Gasteiger partial charge in [-0.3, -0.25) is 0 Å². The van der Waals surface area contributed by atoms with Crippen molar-refractivity contribution in [3.8, 4) is 5.75 Å². The van der Waals surface area contributed by atoms with E-state index in [-0.39, 0.29) is 5.75 Å². The number of para-hydroxylation sites is 2. The lowest BCUT2D eigenvalue weighted by molar-refractivity contribution is 0.415. The number of ether oxygens (including phenoxy) is 1. The van der Waals surface area contributed by atoms with Crippen molar-refractivity contribution in [3.63, 3.8) is 0 Å². The Morgan fingerprint density at radius 3 is 2.48 bits per heavy atom. The molecule has 2 aromatic rings. The fourth-order valence-corrected chi connectivity index (χ4v) is 4.13. The number of nitrogens with zero attached hydrogens (tertiary/aromatic N) is 1. The highest BCUT2D eigenvalue weighted by molar-refractivity contribution is 7.91. The van der Waals surface area contributed by atoms with Gasteiger partial charge in [-0.1, -0.05) is 24.3 Å². The lowest BCUT2D eigenvalue weighted by atomic mass is 10.2. The molecule has 0 N–H and O–H groups in total. The van der Waals surface area contributed by atoms with E-state index < -0.39 is 9.84 Å². The summed E-state index contributed by atoms with van der Waals surface area (Å²) in [5, 5.41) is 0. The molecule has 124 valence electrons. The maximum absolute atomic E-state index is 12.6. The van der Waals surface area contributed by atoms with Crippen molar-refractivity contribution < 1.29 is 13.2 Å². The van der Waals surface area contributed by atoms with Crippen LogP contribution in [0.15, 0.2) is 47.4 Å². The second-order valence-electron chi connectivity index (χ2n) is 5.68. The van der Waals surface area contributed by atoms with E-state index in [9.17, 15) is 8.42 Å². The molecule has 0 amide bonds. The SMILES string of the molecule is COc1ccccc1N(C)CCS(=O)(=O)c1cc(C)ccc1C. The van der Waals surface area contributed by atoms with Gasteiger partial charge < -0.3 is 9.64 Å². The van der Waals surface area contributed by atoms with E-state index in [4.69, 9.17) is 4.74 Å². The van der Waals surface area contributed by atoms with Gasteiger partial charge >= 0.3 is 0 Å². The molecule has 0 aliphatic heterocycles. The minimum Gasteiger partial charge on any atom is -0.495 e. The molecule has 0 fully saturated rings. The van der Waals surface area contributed by atoms with Crippen molar-refractivity contribution in [1.82, 2.24) is 0 Å². The predicted molar refractivity (Wildman–Crippen MR) is 94.2 cm³/mol. The maximum atomic E-state index is 12.6. The van der Waals surface area contributed by atoms with E-state index in [1.54, 1.807) is 13.2 Å². The van der Waals surface area contributed by atoms with Crippen molar-refractivity contribution >= 4 is 15.5 Å². The molecule has 0 aromatic heterocycles. The average Bonchev–Trinajstić information content (AvgIpc) is 2.54. The first-order valence-corrected chi connectivity index (χ1v) is 9.14. The zero-order valence-corrected chi connectivity index (χ0v) is 14.9. The minimum absolute atomic E-state index is 0.0614. The average molecular weight is 333 g/mol. The van der Waals surface area contributed by atoms with E-state index in [0.717, 1.165) is 22.6 Å². The van der Waals surface area contributed by atoms with Gasteiger partial charge in [-0.05, 0) is 43.2 Å². The van der Waals surface area contributed by atoms with Crippen LogP contribution in [0.1, 0.15) is 11.1 Å². The van der Waals surface area contributed by atoms with Crippen LogP contribution in [0, 0.1) is 13.8 Å². The number of hydrogen-bond acceptors (Lipinski definition) is 4. The summed E-state index contributed by atoms with van der Waals surface area (Å²) < 4.78 is 30.6. The van der Waals surface area contributed by atoms with Gasteiger partial charge in [0, 0.05) is 13.6 Å². The van der Waals surface area contributed by atoms with Crippen LogP contribution in [0.25, 0.3) is 0 Å². The number of rotatable bonds is 6. The van der Waals surface area contributed by atoms with Crippen molar-refractivity contribution in [1.29, 1.82) is 0 Å². The van der Waals surface area contributed by atoms with Gasteiger partial charge in [0.05, 0.1) is 23.4 Å². The summed E-state index contributed by atoms with van der Waals surface area (Å²) in [6.07, 6.45) is 0. The lowest BCUT2D eigenvalue weighted by Gasteiger charge is -2.21. The number of aryl methyl sites for hydroxylation is 2. The topological polar surface area (TPSA) is 46.6 Å². The molecule has 0 saturated carbocycles. The van der Waals surface area contributed by atoms with Gasteiger partial charge in [0.25, 0.3) is 0 Å². The Bertz CT molecular complexity index is 785. The van der Waals surface area contributed by atoms with Gasteiger partial charge in [0.15, 0.2) is 9.84 Å². The highest BCUT2D eigenvalue weighted by Crippen LogP contribution is 2.27. The first-order chi connectivity index (χ1) is 10.8. The molecule has 0 saturated heterocycles. The molecule has 0 unspecified atom stereocenters. The minimum atomic E-state index is -3.32. The molecule has 0 atom stereocenters. The molecule has 2 aromatic carbocycles. The fourth-order valence-electron chi connectivity index (χ4n) is 2.48. The molecule has 0 heterocycles. The molecule has 0 aliphatic rings. The van der Waals surface area contributed by atoms with Crippen LogP contribution in [0.4, 0.5) is 5.69 Å². The molecule has 0 radical (unpaired) electrons. The van der Waals surface area contributed by atoms with Crippen molar-refractivity contribution in [3.05, 3.63) is 53.6 Å². The van der Waals surface area contributed by atoms with Crippen LogP contribution in [0.2, 0.25) is 0 Å². The van der Waals surface area contributed by atoms with Gasteiger partial charge in [0.1, 0.15) is 5.75 Å². The highest BCUT2D eigenvalue weighted by Gasteiger charge is 2.19. The van der Waals surface area contributed by atoms with E-state index in [0.29, 0.717) is 11.4 Å². The Labute approximate surface area is 138 Å². The van der Waals surface area contributed by atoms with E-state index >= 15 is 0 Å². The van der Waals surface area contributed by atoms with Gasteiger partial charge in [-0.2, -0.15) is 0 Å². The van der Waals surface area contributed by atoms with Crippen molar-refractivity contribution in [2.45, 2.75) is 18.7 Å². The lowest BCUT2D eigenvalue weighted by Crippen LogP contribution is -2.26. The zero-order chi connectivity index (χ0) is 17.0. The van der Waals surface area contributed by atoms with Crippen LogP contribution < -0.4 is 9.64 Å². The van der Waals surface area contributed by atoms with Crippen LogP contribution in [-0.4, -0.2) is 34.9 Å². The largest absolute Gasteiger partial charge is 0.495 e. The molecule has 2 rings (SSSR count). The Balaban J connectivity index is 2.17. The zero-order valence-electron chi connectivity index (χ0n) is 14.0. The maximum Gasteiger partial charge on any atom is 0.180 e. The molecular formula is C18H23NO3S. The molecule has 23 heavy (non-hydrogen) atoms. The third-order valence-corrected chi connectivity index (χ3v) is 5.70. The third kappa shape index (κ3) is 4.05. The number of benzene rings is 2. The first-order valence-electron chi connectivity index (χ1n) is 7.49. The van der Waals surface area contributed by atoms with Crippen LogP contribution in [0.3, 0.4) is 0 Å². The summed E-state index contributed by atoms with van der Waals surface area (Å²) in [6.45, 7) is 4.13. The Hall–Kier alpha value is -2.01. The van der Waals surface area contributed by atoms with Crippen molar-refractivity contribution in [2.75, 3.05) is 31.4 Å². The first kappa shape index (κ1) is 17.3. The number of anilines is 1. The van der Waals surface area contributed by atoms with E-state index in [1.165, 1.54) is 0 Å². The summed E-state index contributed by atoms with van der Waals surface area (Å²) in [6, 6.07) is 13.1. The second kappa shape index (κ2) is 7.04. The Kier molecular flexibility index (Phi) is 5.31.